The molecule has 5 rings (SSSR count). The molecule has 2 aliphatic rings. The van der Waals surface area contributed by atoms with Gasteiger partial charge in [-0.05, 0) is 37.7 Å². The van der Waals surface area contributed by atoms with Crippen LogP contribution in [0.15, 0.2) is 36.7 Å². The average Bonchev–Trinajstić information content (AvgIpc) is 3.33. The summed E-state index contributed by atoms with van der Waals surface area (Å²) in [5, 5.41) is 12.3. The van der Waals surface area contributed by atoms with Gasteiger partial charge in [0.15, 0.2) is 17.0 Å². The van der Waals surface area contributed by atoms with Crippen molar-refractivity contribution in [2.24, 2.45) is 5.92 Å². The highest BCUT2D eigenvalue weighted by Crippen LogP contribution is 2.31. The van der Waals surface area contributed by atoms with Crippen molar-refractivity contribution in [3.05, 3.63) is 42.2 Å². The van der Waals surface area contributed by atoms with Gasteiger partial charge in [-0.15, -0.1) is 5.10 Å². The highest BCUT2D eigenvalue weighted by Gasteiger charge is 2.31. The second-order valence-corrected chi connectivity index (χ2v) is 7.85. The maximum Gasteiger partial charge on any atom is 0.183 e. The molecule has 0 spiro atoms. The van der Waals surface area contributed by atoms with Crippen LogP contribution < -0.4 is 5.32 Å². The molecule has 3 aromatic rings. The third-order valence-electron chi connectivity index (χ3n) is 5.86. The van der Waals surface area contributed by atoms with E-state index in [2.05, 4.69) is 67.8 Å². The van der Waals surface area contributed by atoms with Gasteiger partial charge in [0.1, 0.15) is 6.33 Å². The lowest BCUT2D eigenvalue weighted by molar-refractivity contribution is 0.255. The molecule has 1 N–H and O–H groups in total. The van der Waals surface area contributed by atoms with Crippen LogP contribution in [-0.2, 0) is 13.1 Å². The van der Waals surface area contributed by atoms with Crippen LogP contribution in [0.1, 0.15) is 31.7 Å². The van der Waals surface area contributed by atoms with Crippen molar-refractivity contribution in [3.8, 4) is 0 Å². The zero-order chi connectivity index (χ0) is 18.2. The molecule has 2 fully saturated rings. The Kier molecular flexibility index (Phi) is 4.24. The van der Waals surface area contributed by atoms with E-state index in [4.69, 9.17) is 0 Å². The standard InChI is InChI=1S/C20H25N7/c1-14-17(9-10-26(14)11-15-5-3-2-4-6-15)23-19-18-20(22-13-21-19)27(25-24-18)12-16-7-8-16/h2-6,13-14,16-17H,7-12H2,1H3,(H,21,22,23). The van der Waals surface area contributed by atoms with E-state index in [1.807, 2.05) is 4.68 Å². The Bertz CT molecular complexity index is 918. The number of benzene rings is 1. The van der Waals surface area contributed by atoms with Gasteiger partial charge in [-0.2, -0.15) is 0 Å². The van der Waals surface area contributed by atoms with E-state index >= 15 is 0 Å². The number of nitrogens with one attached hydrogen (secondary N) is 1. The molecule has 140 valence electrons. The summed E-state index contributed by atoms with van der Waals surface area (Å²) in [5.41, 5.74) is 2.98. The minimum absolute atomic E-state index is 0.348. The van der Waals surface area contributed by atoms with Crippen molar-refractivity contribution in [2.75, 3.05) is 11.9 Å². The van der Waals surface area contributed by atoms with Crippen molar-refractivity contribution in [3.63, 3.8) is 0 Å². The zero-order valence-electron chi connectivity index (χ0n) is 15.6. The SMILES string of the molecule is CC1C(Nc2ncnc3c2nnn3CC2CC2)CCN1Cc1ccccc1. The summed E-state index contributed by atoms with van der Waals surface area (Å²) in [4.78, 5) is 11.4. The highest BCUT2D eigenvalue weighted by molar-refractivity contribution is 5.82. The molecule has 1 saturated heterocycles. The third-order valence-corrected chi connectivity index (χ3v) is 5.86. The van der Waals surface area contributed by atoms with Gasteiger partial charge in [-0.25, -0.2) is 14.6 Å². The molecule has 1 aromatic carbocycles. The first-order valence-electron chi connectivity index (χ1n) is 9.86. The predicted molar refractivity (Wildman–Crippen MR) is 104 cm³/mol. The first-order valence-corrected chi connectivity index (χ1v) is 9.86. The minimum Gasteiger partial charge on any atom is -0.364 e. The van der Waals surface area contributed by atoms with Crippen LogP contribution in [0.25, 0.3) is 11.2 Å². The van der Waals surface area contributed by atoms with E-state index < -0.39 is 0 Å². The molecule has 27 heavy (non-hydrogen) atoms. The number of likely N-dealkylation sites (tertiary alicyclic amines) is 1. The number of anilines is 1. The van der Waals surface area contributed by atoms with E-state index in [-0.39, 0.29) is 0 Å². The van der Waals surface area contributed by atoms with Gasteiger partial charge in [0.25, 0.3) is 0 Å². The molecule has 0 bridgehead atoms. The smallest absolute Gasteiger partial charge is 0.183 e. The Morgan fingerprint density at radius 3 is 2.78 bits per heavy atom. The Hall–Kier alpha value is -2.54. The van der Waals surface area contributed by atoms with Crippen LogP contribution >= 0.6 is 0 Å². The van der Waals surface area contributed by atoms with Gasteiger partial charge in [0.2, 0.25) is 0 Å². The second-order valence-electron chi connectivity index (χ2n) is 7.85. The summed E-state index contributed by atoms with van der Waals surface area (Å²) in [6.45, 7) is 5.26. The number of hydrogen-bond acceptors (Lipinski definition) is 6. The fourth-order valence-corrected chi connectivity index (χ4v) is 3.98. The summed E-state index contributed by atoms with van der Waals surface area (Å²) in [6, 6.07) is 11.4. The zero-order valence-corrected chi connectivity index (χ0v) is 15.6. The lowest BCUT2D eigenvalue weighted by atomic mass is 10.1. The molecule has 0 radical (unpaired) electrons. The molecule has 1 aliphatic heterocycles. The van der Waals surface area contributed by atoms with Crippen LogP contribution in [0.5, 0.6) is 0 Å². The van der Waals surface area contributed by atoms with Gasteiger partial charge in [-0.1, -0.05) is 35.5 Å². The summed E-state index contributed by atoms with van der Waals surface area (Å²) >= 11 is 0. The normalized spacial score (nSPS) is 23.1. The van der Waals surface area contributed by atoms with Crippen LogP contribution in [-0.4, -0.2) is 48.5 Å². The molecule has 2 atom stereocenters. The van der Waals surface area contributed by atoms with E-state index in [1.54, 1.807) is 6.33 Å². The molecular formula is C20H25N7. The van der Waals surface area contributed by atoms with Gasteiger partial charge in [-0.3, -0.25) is 4.90 Å². The van der Waals surface area contributed by atoms with Crippen molar-refractivity contribution in [1.29, 1.82) is 0 Å². The molecule has 7 nitrogen and oxygen atoms in total. The first-order chi connectivity index (χ1) is 13.3. The van der Waals surface area contributed by atoms with E-state index in [9.17, 15) is 0 Å². The monoisotopic (exact) mass is 363 g/mol. The Balaban J connectivity index is 1.31. The first kappa shape index (κ1) is 16.6. The van der Waals surface area contributed by atoms with E-state index in [0.29, 0.717) is 12.1 Å². The molecule has 2 aromatic heterocycles. The fourth-order valence-electron chi connectivity index (χ4n) is 3.98. The maximum atomic E-state index is 4.47. The minimum atomic E-state index is 0.348. The van der Waals surface area contributed by atoms with Gasteiger partial charge in [0, 0.05) is 31.7 Å². The summed E-state index contributed by atoms with van der Waals surface area (Å²) in [5.74, 6) is 1.54. The molecular weight excluding hydrogens is 338 g/mol. The lowest BCUT2D eigenvalue weighted by Gasteiger charge is -2.25. The van der Waals surface area contributed by atoms with Crippen LogP contribution in [0.2, 0.25) is 0 Å². The lowest BCUT2D eigenvalue weighted by Crippen LogP contribution is -2.36. The van der Waals surface area contributed by atoms with Crippen molar-refractivity contribution in [2.45, 2.75) is 51.4 Å². The number of rotatable bonds is 6. The van der Waals surface area contributed by atoms with Gasteiger partial charge >= 0.3 is 0 Å². The Labute approximate surface area is 158 Å². The maximum absolute atomic E-state index is 4.47. The molecule has 0 amide bonds. The van der Waals surface area contributed by atoms with E-state index in [0.717, 1.165) is 49.0 Å². The molecule has 7 heteroatoms. The summed E-state index contributed by atoms with van der Waals surface area (Å²) < 4.78 is 1.93. The largest absolute Gasteiger partial charge is 0.364 e. The summed E-state index contributed by atoms with van der Waals surface area (Å²) in [7, 11) is 0. The second kappa shape index (κ2) is 6.88. The quantitative estimate of drug-likeness (QED) is 0.726. The third kappa shape index (κ3) is 3.39. The van der Waals surface area contributed by atoms with Crippen molar-refractivity contribution < 1.29 is 0 Å². The van der Waals surface area contributed by atoms with Crippen molar-refractivity contribution in [1.82, 2.24) is 29.9 Å². The van der Waals surface area contributed by atoms with Crippen LogP contribution in [0, 0.1) is 5.92 Å². The molecule has 2 unspecified atom stereocenters. The number of aromatic nitrogens is 5. The van der Waals surface area contributed by atoms with Crippen LogP contribution in [0.3, 0.4) is 0 Å². The van der Waals surface area contributed by atoms with E-state index in [1.165, 1.54) is 18.4 Å². The Morgan fingerprint density at radius 2 is 1.96 bits per heavy atom. The predicted octanol–water partition coefficient (Wildman–Crippen LogP) is 2.71. The molecule has 3 heterocycles. The highest BCUT2D eigenvalue weighted by atomic mass is 15.4. The average molecular weight is 363 g/mol. The fraction of sp³-hybridized carbons (Fsp3) is 0.500. The van der Waals surface area contributed by atoms with Gasteiger partial charge in [0.05, 0.1) is 0 Å². The molecule has 1 aliphatic carbocycles. The number of hydrogen-bond donors (Lipinski definition) is 1. The number of nitrogens with zero attached hydrogens (tertiary/aromatic N) is 6. The Morgan fingerprint density at radius 1 is 1.11 bits per heavy atom. The van der Waals surface area contributed by atoms with Gasteiger partial charge < -0.3 is 5.32 Å². The number of fused-ring (bicyclic) bond motifs is 1. The topological polar surface area (TPSA) is 71.8 Å². The summed E-state index contributed by atoms with van der Waals surface area (Å²) in [6.07, 6.45) is 5.29. The van der Waals surface area contributed by atoms with Crippen LogP contribution in [0.4, 0.5) is 5.82 Å². The molecule has 1 saturated carbocycles. The van der Waals surface area contributed by atoms with Crippen molar-refractivity contribution >= 4 is 17.0 Å².